The molecule has 0 fully saturated rings. The molecule has 1 heterocycles. The SMILES string of the molecule is CC(C)(c1ccccc1)C(N)c1cncc(F)c1. The second-order valence-corrected chi connectivity index (χ2v) is 5.00. The summed E-state index contributed by atoms with van der Waals surface area (Å²) in [6.07, 6.45) is 2.81. The van der Waals surface area contributed by atoms with E-state index in [9.17, 15) is 4.39 Å². The van der Waals surface area contributed by atoms with Crippen molar-refractivity contribution in [2.45, 2.75) is 25.3 Å². The Morgan fingerprint density at radius 2 is 1.83 bits per heavy atom. The van der Waals surface area contributed by atoms with Gasteiger partial charge in [0.2, 0.25) is 0 Å². The van der Waals surface area contributed by atoms with Crippen LogP contribution in [0, 0.1) is 5.82 Å². The van der Waals surface area contributed by atoms with Gasteiger partial charge in [0.15, 0.2) is 0 Å². The first-order valence-corrected chi connectivity index (χ1v) is 5.93. The maximum Gasteiger partial charge on any atom is 0.141 e. The highest BCUT2D eigenvalue weighted by Gasteiger charge is 2.29. The maximum absolute atomic E-state index is 13.2. The number of rotatable bonds is 3. The van der Waals surface area contributed by atoms with Crippen molar-refractivity contribution in [3.8, 4) is 0 Å². The van der Waals surface area contributed by atoms with Crippen molar-refractivity contribution >= 4 is 0 Å². The zero-order chi connectivity index (χ0) is 13.2. The summed E-state index contributed by atoms with van der Waals surface area (Å²) in [5, 5.41) is 0. The molecule has 0 aliphatic carbocycles. The van der Waals surface area contributed by atoms with E-state index in [0.717, 1.165) is 5.56 Å². The number of hydrogen-bond acceptors (Lipinski definition) is 2. The molecule has 0 radical (unpaired) electrons. The first kappa shape index (κ1) is 12.7. The monoisotopic (exact) mass is 244 g/mol. The second-order valence-electron chi connectivity index (χ2n) is 5.00. The lowest BCUT2D eigenvalue weighted by atomic mass is 9.76. The summed E-state index contributed by atoms with van der Waals surface area (Å²) in [7, 11) is 0. The predicted octanol–water partition coefficient (Wildman–Crippen LogP) is 3.20. The van der Waals surface area contributed by atoms with Gasteiger partial charge in [0.1, 0.15) is 5.82 Å². The summed E-state index contributed by atoms with van der Waals surface area (Å²) in [6, 6.07) is 11.1. The summed E-state index contributed by atoms with van der Waals surface area (Å²) in [5.74, 6) is -0.355. The van der Waals surface area contributed by atoms with E-state index in [-0.39, 0.29) is 17.3 Å². The summed E-state index contributed by atoms with van der Waals surface area (Å²) < 4.78 is 13.2. The first-order chi connectivity index (χ1) is 8.51. The topological polar surface area (TPSA) is 38.9 Å². The molecule has 0 saturated heterocycles. The van der Waals surface area contributed by atoms with Crippen molar-refractivity contribution in [3.05, 3.63) is 65.7 Å². The number of nitrogens with two attached hydrogens (primary N) is 1. The molecule has 94 valence electrons. The van der Waals surface area contributed by atoms with Crippen LogP contribution in [0.5, 0.6) is 0 Å². The summed E-state index contributed by atoms with van der Waals surface area (Å²) >= 11 is 0. The standard InChI is InChI=1S/C15H17FN2/c1-15(2,12-6-4-3-5-7-12)14(17)11-8-13(16)10-18-9-11/h3-10,14H,17H2,1-2H3. The number of nitrogens with zero attached hydrogens (tertiary/aromatic N) is 1. The van der Waals surface area contributed by atoms with E-state index in [1.54, 1.807) is 6.20 Å². The first-order valence-electron chi connectivity index (χ1n) is 5.93. The Balaban J connectivity index is 2.36. The molecule has 2 N–H and O–H groups in total. The Bertz CT molecular complexity index is 523. The lowest BCUT2D eigenvalue weighted by Crippen LogP contribution is -2.33. The van der Waals surface area contributed by atoms with Crippen molar-refractivity contribution in [1.82, 2.24) is 4.98 Å². The van der Waals surface area contributed by atoms with Crippen LogP contribution in [0.15, 0.2) is 48.8 Å². The van der Waals surface area contributed by atoms with Crippen molar-refractivity contribution in [2.24, 2.45) is 5.73 Å². The van der Waals surface area contributed by atoms with Gasteiger partial charge in [-0.05, 0) is 17.2 Å². The average Bonchev–Trinajstić information content (AvgIpc) is 2.39. The van der Waals surface area contributed by atoms with Gasteiger partial charge in [0.25, 0.3) is 0 Å². The molecule has 0 saturated carbocycles. The minimum atomic E-state index is -0.355. The van der Waals surface area contributed by atoms with Crippen LogP contribution in [-0.4, -0.2) is 4.98 Å². The molecule has 0 spiro atoms. The highest BCUT2D eigenvalue weighted by molar-refractivity contribution is 5.30. The Morgan fingerprint density at radius 3 is 2.44 bits per heavy atom. The molecule has 0 bridgehead atoms. The Kier molecular flexibility index (Phi) is 3.43. The molecule has 2 rings (SSSR count). The minimum Gasteiger partial charge on any atom is -0.323 e. The molecule has 2 nitrogen and oxygen atoms in total. The summed E-state index contributed by atoms with van der Waals surface area (Å²) in [4.78, 5) is 3.86. The van der Waals surface area contributed by atoms with Crippen molar-refractivity contribution in [1.29, 1.82) is 0 Å². The minimum absolute atomic E-state index is 0.281. The highest BCUT2D eigenvalue weighted by Crippen LogP contribution is 2.34. The largest absolute Gasteiger partial charge is 0.323 e. The van der Waals surface area contributed by atoms with Gasteiger partial charge in [-0.15, -0.1) is 0 Å². The van der Waals surface area contributed by atoms with Crippen LogP contribution in [0.1, 0.15) is 31.0 Å². The van der Waals surface area contributed by atoms with E-state index in [4.69, 9.17) is 5.73 Å². The normalized spacial score (nSPS) is 13.3. The van der Waals surface area contributed by atoms with Gasteiger partial charge < -0.3 is 5.73 Å². The van der Waals surface area contributed by atoms with Crippen LogP contribution >= 0.6 is 0 Å². The zero-order valence-corrected chi connectivity index (χ0v) is 10.6. The third-order valence-corrected chi connectivity index (χ3v) is 3.38. The number of hydrogen-bond donors (Lipinski definition) is 1. The molecule has 0 aliphatic rings. The van der Waals surface area contributed by atoms with Gasteiger partial charge >= 0.3 is 0 Å². The Morgan fingerprint density at radius 1 is 1.17 bits per heavy atom. The Labute approximate surface area is 107 Å². The van der Waals surface area contributed by atoms with Crippen molar-refractivity contribution < 1.29 is 4.39 Å². The number of pyridine rings is 1. The van der Waals surface area contributed by atoms with Crippen molar-refractivity contribution in [3.63, 3.8) is 0 Å². The molecule has 18 heavy (non-hydrogen) atoms. The smallest absolute Gasteiger partial charge is 0.141 e. The lowest BCUT2D eigenvalue weighted by molar-refractivity contribution is 0.418. The summed E-state index contributed by atoms with van der Waals surface area (Å²) in [6.45, 7) is 4.11. The van der Waals surface area contributed by atoms with E-state index < -0.39 is 0 Å². The number of aromatic nitrogens is 1. The van der Waals surface area contributed by atoms with Crippen LogP contribution in [-0.2, 0) is 5.41 Å². The highest BCUT2D eigenvalue weighted by atomic mass is 19.1. The van der Waals surface area contributed by atoms with Gasteiger partial charge in [0.05, 0.1) is 6.20 Å². The fourth-order valence-electron chi connectivity index (χ4n) is 2.06. The van der Waals surface area contributed by atoms with Crippen LogP contribution in [0.3, 0.4) is 0 Å². The zero-order valence-electron chi connectivity index (χ0n) is 10.6. The van der Waals surface area contributed by atoms with Crippen LogP contribution in [0.25, 0.3) is 0 Å². The van der Waals surface area contributed by atoms with Crippen molar-refractivity contribution in [2.75, 3.05) is 0 Å². The molecule has 3 heteroatoms. The molecule has 1 aromatic heterocycles. The lowest BCUT2D eigenvalue weighted by Gasteiger charge is -2.32. The number of benzene rings is 1. The summed E-state index contributed by atoms with van der Waals surface area (Å²) in [5.41, 5.74) is 7.82. The third-order valence-electron chi connectivity index (χ3n) is 3.38. The fourth-order valence-corrected chi connectivity index (χ4v) is 2.06. The fraction of sp³-hybridized carbons (Fsp3) is 0.267. The molecular formula is C15H17FN2. The molecule has 1 aromatic carbocycles. The van der Waals surface area contributed by atoms with E-state index >= 15 is 0 Å². The van der Waals surface area contributed by atoms with E-state index in [0.29, 0.717) is 5.56 Å². The molecular weight excluding hydrogens is 227 g/mol. The molecule has 1 unspecified atom stereocenters. The van der Waals surface area contributed by atoms with Gasteiger partial charge in [-0.1, -0.05) is 44.2 Å². The van der Waals surface area contributed by atoms with Crippen LogP contribution in [0.4, 0.5) is 4.39 Å². The average molecular weight is 244 g/mol. The van der Waals surface area contributed by atoms with Gasteiger partial charge in [-0.25, -0.2) is 4.39 Å². The molecule has 0 amide bonds. The quantitative estimate of drug-likeness (QED) is 0.900. The van der Waals surface area contributed by atoms with Gasteiger partial charge in [0, 0.05) is 17.7 Å². The van der Waals surface area contributed by atoms with Gasteiger partial charge in [-0.2, -0.15) is 0 Å². The predicted molar refractivity (Wildman–Crippen MR) is 70.6 cm³/mol. The molecule has 0 aliphatic heterocycles. The van der Waals surface area contributed by atoms with Crippen LogP contribution < -0.4 is 5.73 Å². The second kappa shape index (κ2) is 4.86. The van der Waals surface area contributed by atoms with E-state index in [1.807, 2.05) is 30.3 Å². The van der Waals surface area contributed by atoms with E-state index in [2.05, 4.69) is 18.8 Å². The third kappa shape index (κ3) is 2.41. The molecule has 2 aromatic rings. The van der Waals surface area contributed by atoms with Gasteiger partial charge in [-0.3, -0.25) is 4.98 Å². The maximum atomic E-state index is 13.2. The number of halogens is 1. The van der Waals surface area contributed by atoms with E-state index in [1.165, 1.54) is 12.3 Å². The Hall–Kier alpha value is -1.74. The molecule has 1 atom stereocenters. The van der Waals surface area contributed by atoms with Crippen LogP contribution in [0.2, 0.25) is 0 Å².